The fraction of sp³-hybridized carbons (Fsp3) is 0.0714. The summed E-state index contributed by atoms with van der Waals surface area (Å²) in [5.74, 6) is 0. The molecule has 0 bridgehead atoms. The Balaban J connectivity index is 1.63. The molecule has 2 aromatic heterocycles. The number of fused-ring (bicyclic) bond motifs is 2. The average Bonchev–Trinajstić information content (AvgIpc) is 3.18. The number of para-hydroxylation sites is 1. The van der Waals surface area contributed by atoms with Crippen LogP contribution in [-0.2, 0) is 16.6 Å². The molecule has 0 unspecified atom stereocenters. The van der Waals surface area contributed by atoms with Crippen molar-refractivity contribution >= 4 is 54.3 Å². The van der Waals surface area contributed by atoms with E-state index in [9.17, 15) is 8.42 Å². The first-order valence-electron chi connectivity index (χ1n) is 6.69. The molecule has 0 aliphatic rings. The lowest BCUT2D eigenvalue weighted by Crippen LogP contribution is -2.23. The molecule has 1 N–H and O–H groups in total. The fourth-order valence-corrected chi connectivity index (χ4v) is 4.98. The number of benzene rings is 2. The molecular weight excluding hydrogens is 352 g/mol. The summed E-state index contributed by atoms with van der Waals surface area (Å²) in [4.78, 5) is 4.57. The second-order valence-corrected chi connectivity index (χ2v) is 8.17. The topological polar surface area (TPSA) is 84.8 Å². The van der Waals surface area contributed by atoms with Crippen molar-refractivity contribution < 1.29 is 8.42 Å². The third-order valence-electron chi connectivity index (χ3n) is 3.29. The van der Waals surface area contributed by atoms with Gasteiger partial charge < -0.3 is 0 Å². The van der Waals surface area contributed by atoms with E-state index in [-0.39, 0.29) is 11.4 Å². The first kappa shape index (κ1) is 14.6. The summed E-state index contributed by atoms with van der Waals surface area (Å²) in [6.45, 7) is 0.148. The highest BCUT2D eigenvalue weighted by Gasteiger charge is 2.19. The Bertz CT molecular complexity index is 1070. The summed E-state index contributed by atoms with van der Waals surface area (Å²) >= 11 is 2.47. The molecule has 4 aromatic rings. The summed E-state index contributed by atoms with van der Waals surface area (Å²) in [5.41, 5.74) is 1.85. The highest BCUT2D eigenvalue weighted by Crippen LogP contribution is 2.23. The molecule has 23 heavy (non-hydrogen) atoms. The molecule has 9 heteroatoms. The van der Waals surface area contributed by atoms with E-state index in [0.717, 1.165) is 27.0 Å². The van der Waals surface area contributed by atoms with E-state index in [4.69, 9.17) is 0 Å². The maximum absolute atomic E-state index is 12.5. The van der Waals surface area contributed by atoms with Gasteiger partial charge in [0.15, 0.2) is 0 Å². The maximum atomic E-state index is 12.5. The van der Waals surface area contributed by atoms with Crippen molar-refractivity contribution in [3.8, 4) is 0 Å². The van der Waals surface area contributed by atoms with Gasteiger partial charge in [-0.1, -0.05) is 18.2 Å². The van der Waals surface area contributed by atoms with Crippen LogP contribution in [0.25, 0.3) is 21.3 Å². The number of hydrogen-bond donors (Lipinski definition) is 1. The zero-order valence-corrected chi connectivity index (χ0v) is 14.1. The van der Waals surface area contributed by atoms with E-state index in [2.05, 4.69) is 18.5 Å². The normalized spacial score (nSPS) is 12.2. The van der Waals surface area contributed by atoms with Crippen molar-refractivity contribution in [1.29, 1.82) is 0 Å². The van der Waals surface area contributed by atoms with E-state index in [1.165, 1.54) is 17.4 Å². The molecule has 2 heterocycles. The van der Waals surface area contributed by atoms with Crippen LogP contribution in [0.3, 0.4) is 0 Å². The van der Waals surface area contributed by atoms with Crippen molar-refractivity contribution in [3.05, 3.63) is 47.5 Å². The quantitative estimate of drug-likeness (QED) is 0.603. The summed E-state index contributed by atoms with van der Waals surface area (Å²) < 4.78 is 36.8. The molecule has 6 nitrogen and oxygen atoms in total. The monoisotopic (exact) mass is 362 g/mol. The fourth-order valence-electron chi connectivity index (χ4n) is 2.23. The minimum Gasteiger partial charge on any atom is -0.240 e. The molecule has 0 amide bonds. The van der Waals surface area contributed by atoms with E-state index in [1.54, 1.807) is 12.1 Å². The summed E-state index contributed by atoms with van der Waals surface area (Å²) in [6, 6.07) is 12.7. The van der Waals surface area contributed by atoms with Gasteiger partial charge in [-0.2, -0.15) is 8.75 Å². The van der Waals surface area contributed by atoms with Crippen LogP contribution >= 0.6 is 23.1 Å². The second kappa shape index (κ2) is 5.60. The number of thiazole rings is 1. The zero-order chi connectivity index (χ0) is 15.9. The number of aromatic nitrogens is 3. The van der Waals surface area contributed by atoms with Crippen LogP contribution in [0.4, 0.5) is 0 Å². The lowest BCUT2D eigenvalue weighted by Gasteiger charge is -2.05. The third kappa shape index (κ3) is 2.72. The molecule has 116 valence electrons. The predicted molar refractivity (Wildman–Crippen MR) is 91.1 cm³/mol. The molecule has 0 aliphatic heterocycles. The van der Waals surface area contributed by atoms with Crippen molar-refractivity contribution in [2.75, 3.05) is 0 Å². The molecule has 2 aromatic carbocycles. The van der Waals surface area contributed by atoms with Gasteiger partial charge in [0.25, 0.3) is 0 Å². The lowest BCUT2D eigenvalue weighted by molar-refractivity contribution is 0.582. The first-order valence-corrected chi connectivity index (χ1v) is 9.72. The van der Waals surface area contributed by atoms with Gasteiger partial charge >= 0.3 is 0 Å². The Morgan fingerprint density at radius 3 is 2.70 bits per heavy atom. The summed E-state index contributed by atoms with van der Waals surface area (Å²) in [6.07, 6.45) is 0. The molecule has 0 saturated carbocycles. The predicted octanol–water partition coefficient (Wildman–Crippen LogP) is 2.78. The SMILES string of the molecule is O=S(=O)(NCc1nc2ccccc2s1)c1cccc2nsnc12. The minimum atomic E-state index is -3.67. The Hall–Kier alpha value is -1.94. The molecule has 0 atom stereocenters. The van der Waals surface area contributed by atoms with Gasteiger partial charge in [-0.05, 0) is 24.3 Å². The van der Waals surface area contributed by atoms with E-state index in [1.807, 2.05) is 24.3 Å². The highest BCUT2D eigenvalue weighted by atomic mass is 32.2. The van der Waals surface area contributed by atoms with Crippen LogP contribution in [0, 0.1) is 0 Å². The average molecular weight is 362 g/mol. The number of nitrogens with zero attached hydrogens (tertiary/aromatic N) is 3. The number of sulfonamides is 1. The van der Waals surface area contributed by atoms with Crippen LogP contribution in [0.2, 0.25) is 0 Å². The molecular formula is C14H10N4O2S3. The Morgan fingerprint density at radius 2 is 1.83 bits per heavy atom. The van der Waals surface area contributed by atoms with Crippen LogP contribution in [0.1, 0.15) is 5.01 Å². The molecule has 0 fully saturated rings. The van der Waals surface area contributed by atoms with Crippen molar-refractivity contribution in [1.82, 2.24) is 18.5 Å². The highest BCUT2D eigenvalue weighted by molar-refractivity contribution is 7.89. The smallest absolute Gasteiger partial charge is 0.240 e. The van der Waals surface area contributed by atoms with Crippen LogP contribution in [0.5, 0.6) is 0 Å². The van der Waals surface area contributed by atoms with Gasteiger partial charge in [0.05, 0.1) is 28.5 Å². The largest absolute Gasteiger partial charge is 0.243 e. The van der Waals surface area contributed by atoms with E-state index >= 15 is 0 Å². The number of rotatable bonds is 4. The molecule has 4 rings (SSSR count). The van der Waals surface area contributed by atoms with E-state index < -0.39 is 10.0 Å². The molecule has 0 radical (unpaired) electrons. The molecule has 0 spiro atoms. The first-order chi connectivity index (χ1) is 11.1. The third-order valence-corrected chi connectivity index (χ3v) is 6.30. The van der Waals surface area contributed by atoms with Gasteiger partial charge in [0.1, 0.15) is 20.9 Å². The zero-order valence-electron chi connectivity index (χ0n) is 11.6. The Morgan fingerprint density at radius 1 is 1.00 bits per heavy atom. The van der Waals surface area contributed by atoms with Crippen molar-refractivity contribution in [2.45, 2.75) is 11.4 Å². The standard InChI is InChI=1S/C14H10N4O2S3/c19-23(20,12-7-3-5-10-14(12)18-22-17-10)15-8-13-16-9-4-1-2-6-11(9)21-13/h1-7,15H,8H2. The van der Waals surface area contributed by atoms with Gasteiger partial charge in [0, 0.05) is 0 Å². The van der Waals surface area contributed by atoms with Crippen LogP contribution < -0.4 is 4.72 Å². The van der Waals surface area contributed by atoms with Gasteiger partial charge in [-0.3, -0.25) is 0 Å². The number of nitrogens with one attached hydrogen (secondary N) is 1. The summed E-state index contributed by atoms with van der Waals surface area (Å²) in [5, 5.41) is 0.721. The van der Waals surface area contributed by atoms with Crippen molar-refractivity contribution in [2.24, 2.45) is 0 Å². The molecule has 0 saturated heterocycles. The minimum absolute atomic E-state index is 0.143. The Labute approximate surface area is 140 Å². The van der Waals surface area contributed by atoms with Crippen LogP contribution in [0.15, 0.2) is 47.4 Å². The summed E-state index contributed by atoms with van der Waals surface area (Å²) in [7, 11) is -3.67. The number of hydrogen-bond acceptors (Lipinski definition) is 7. The molecule has 0 aliphatic carbocycles. The van der Waals surface area contributed by atoms with Gasteiger partial charge in [0.2, 0.25) is 10.0 Å². The van der Waals surface area contributed by atoms with Gasteiger partial charge in [-0.25, -0.2) is 18.1 Å². The lowest BCUT2D eigenvalue weighted by atomic mass is 10.3. The van der Waals surface area contributed by atoms with Crippen LogP contribution in [-0.4, -0.2) is 22.1 Å². The Kier molecular flexibility index (Phi) is 3.57. The second-order valence-electron chi connectivity index (χ2n) is 4.79. The maximum Gasteiger partial charge on any atom is 0.243 e. The van der Waals surface area contributed by atoms with Gasteiger partial charge in [-0.15, -0.1) is 11.3 Å². The van der Waals surface area contributed by atoms with E-state index in [0.29, 0.717) is 11.0 Å². The van der Waals surface area contributed by atoms with Crippen molar-refractivity contribution in [3.63, 3.8) is 0 Å².